The van der Waals surface area contributed by atoms with E-state index in [1.54, 1.807) is 16.2 Å². The van der Waals surface area contributed by atoms with Crippen molar-refractivity contribution in [3.8, 4) is 0 Å². The molecule has 0 radical (unpaired) electrons. The van der Waals surface area contributed by atoms with Crippen LogP contribution in [0.1, 0.15) is 10.9 Å². The zero-order valence-electron chi connectivity index (χ0n) is 9.72. The first kappa shape index (κ1) is 13.3. The van der Waals surface area contributed by atoms with Crippen LogP contribution in [0.4, 0.5) is 5.69 Å². The minimum Gasteiger partial charge on any atom is -0.318 e. The molecule has 2 heterocycles. The molecule has 1 amide bonds. The van der Waals surface area contributed by atoms with E-state index in [0.717, 1.165) is 18.8 Å². The Morgan fingerprint density at radius 2 is 1.79 bits per heavy atom. The molecule has 2 atom stereocenters. The zero-order chi connectivity index (χ0) is 13.6. The third kappa shape index (κ3) is 2.27. The summed E-state index contributed by atoms with van der Waals surface area (Å²) in [4.78, 5) is 14.9. The molecular formula is C13H10Br2N2OS. The number of nitrogens with zero attached hydrogens (tertiary/aromatic N) is 1. The van der Waals surface area contributed by atoms with Gasteiger partial charge in [-0.05, 0) is 52.3 Å². The van der Waals surface area contributed by atoms with E-state index in [0.29, 0.717) is 0 Å². The zero-order valence-corrected chi connectivity index (χ0v) is 13.7. The number of anilines is 1. The smallest absolute Gasteiger partial charge is 0.247 e. The number of amides is 1. The van der Waals surface area contributed by atoms with E-state index in [2.05, 4.69) is 31.9 Å². The second-order valence-corrected chi connectivity index (χ2v) is 7.71. The lowest BCUT2D eigenvalue weighted by molar-refractivity contribution is -0.126. The number of hydrogen-bond acceptors (Lipinski definition) is 3. The van der Waals surface area contributed by atoms with Crippen molar-refractivity contribution in [3.63, 3.8) is 0 Å². The van der Waals surface area contributed by atoms with Crippen molar-refractivity contribution in [2.24, 2.45) is 5.73 Å². The molecule has 1 aromatic heterocycles. The molecule has 2 unspecified atom stereocenters. The van der Waals surface area contributed by atoms with Gasteiger partial charge in [0.05, 0.1) is 9.83 Å². The Hall–Kier alpha value is -0.690. The van der Waals surface area contributed by atoms with Crippen molar-refractivity contribution >= 4 is 54.8 Å². The summed E-state index contributed by atoms with van der Waals surface area (Å²) in [6, 6.07) is 11.2. The predicted molar refractivity (Wildman–Crippen MR) is 84.4 cm³/mol. The summed E-state index contributed by atoms with van der Waals surface area (Å²) in [6.07, 6.45) is 0. The van der Waals surface area contributed by atoms with Gasteiger partial charge in [-0.15, -0.1) is 11.3 Å². The van der Waals surface area contributed by atoms with Crippen LogP contribution < -0.4 is 10.6 Å². The molecular weight excluding hydrogens is 392 g/mol. The first-order valence-electron chi connectivity index (χ1n) is 5.67. The molecule has 0 aliphatic carbocycles. The molecule has 1 aromatic carbocycles. The van der Waals surface area contributed by atoms with Crippen LogP contribution in [-0.2, 0) is 4.79 Å². The van der Waals surface area contributed by atoms with Gasteiger partial charge in [0.25, 0.3) is 0 Å². The number of benzene rings is 1. The first-order chi connectivity index (χ1) is 9.08. The fourth-order valence-electron chi connectivity index (χ4n) is 2.19. The lowest BCUT2D eigenvalue weighted by Crippen LogP contribution is -2.63. The Bertz CT molecular complexity index is 626. The summed E-state index contributed by atoms with van der Waals surface area (Å²) >= 11 is 8.45. The highest BCUT2D eigenvalue weighted by atomic mass is 79.9. The quantitative estimate of drug-likeness (QED) is 0.780. The van der Waals surface area contributed by atoms with Gasteiger partial charge in [0.2, 0.25) is 5.91 Å². The molecule has 2 aromatic rings. The van der Waals surface area contributed by atoms with Gasteiger partial charge in [-0.3, -0.25) is 4.79 Å². The average molecular weight is 402 g/mol. The summed E-state index contributed by atoms with van der Waals surface area (Å²) in [7, 11) is 0. The number of carbonyl (C=O) groups excluding carboxylic acids is 1. The molecule has 1 saturated heterocycles. The predicted octanol–water partition coefficient (Wildman–Crippen LogP) is 3.69. The molecule has 1 aliphatic heterocycles. The van der Waals surface area contributed by atoms with Gasteiger partial charge in [0.1, 0.15) is 6.04 Å². The van der Waals surface area contributed by atoms with E-state index in [1.165, 1.54) is 0 Å². The third-order valence-electron chi connectivity index (χ3n) is 3.13. The van der Waals surface area contributed by atoms with Gasteiger partial charge in [-0.2, -0.15) is 0 Å². The van der Waals surface area contributed by atoms with E-state index >= 15 is 0 Å². The van der Waals surface area contributed by atoms with Crippen LogP contribution >= 0.6 is 43.2 Å². The van der Waals surface area contributed by atoms with Gasteiger partial charge in [-0.25, -0.2) is 0 Å². The Morgan fingerprint density at radius 3 is 2.37 bits per heavy atom. The average Bonchev–Trinajstić information content (AvgIpc) is 2.82. The van der Waals surface area contributed by atoms with Crippen molar-refractivity contribution in [1.82, 2.24) is 0 Å². The van der Waals surface area contributed by atoms with E-state index in [-0.39, 0.29) is 11.9 Å². The molecule has 1 aliphatic rings. The van der Waals surface area contributed by atoms with Crippen molar-refractivity contribution in [3.05, 3.63) is 49.5 Å². The van der Waals surface area contributed by atoms with Crippen LogP contribution in [0.5, 0.6) is 0 Å². The summed E-state index contributed by atoms with van der Waals surface area (Å²) < 4.78 is 2.04. The molecule has 98 valence electrons. The molecule has 3 rings (SSSR count). The van der Waals surface area contributed by atoms with E-state index in [1.807, 2.05) is 36.4 Å². The molecule has 6 heteroatoms. The highest BCUT2D eigenvalue weighted by Crippen LogP contribution is 2.41. The van der Waals surface area contributed by atoms with Gasteiger partial charge >= 0.3 is 0 Å². The standard InChI is InChI=1S/C13H10Br2N2OS/c14-7-1-3-8(4-2-7)17-12(11(16)13(17)18)9-5-6-10(15)19-9/h1-6,11-12H,16H2. The Balaban J connectivity index is 1.95. The van der Waals surface area contributed by atoms with Crippen LogP contribution in [-0.4, -0.2) is 11.9 Å². The lowest BCUT2D eigenvalue weighted by Gasteiger charge is -2.44. The largest absolute Gasteiger partial charge is 0.318 e. The van der Waals surface area contributed by atoms with Crippen molar-refractivity contribution < 1.29 is 4.79 Å². The highest BCUT2D eigenvalue weighted by Gasteiger charge is 2.47. The number of carbonyl (C=O) groups is 1. The third-order valence-corrected chi connectivity index (χ3v) is 5.35. The molecule has 0 bridgehead atoms. The van der Waals surface area contributed by atoms with Gasteiger partial charge in [0, 0.05) is 15.0 Å². The van der Waals surface area contributed by atoms with Crippen LogP contribution in [0, 0.1) is 0 Å². The molecule has 3 nitrogen and oxygen atoms in total. The summed E-state index contributed by atoms with van der Waals surface area (Å²) in [5.74, 6) is -0.0307. The minimum atomic E-state index is -0.450. The number of thiophene rings is 1. The van der Waals surface area contributed by atoms with Crippen molar-refractivity contribution in [1.29, 1.82) is 0 Å². The fraction of sp³-hybridized carbons (Fsp3) is 0.154. The van der Waals surface area contributed by atoms with E-state index < -0.39 is 6.04 Å². The number of rotatable bonds is 2. The molecule has 2 N–H and O–H groups in total. The normalized spacial score (nSPS) is 22.5. The molecule has 0 saturated carbocycles. The van der Waals surface area contributed by atoms with E-state index in [4.69, 9.17) is 5.73 Å². The first-order valence-corrected chi connectivity index (χ1v) is 8.07. The van der Waals surface area contributed by atoms with Crippen LogP contribution in [0.25, 0.3) is 0 Å². The summed E-state index contributed by atoms with van der Waals surface area (Å²) in [5.41, 5.74) is 6.84. The Labute approximate surface area is 131 Å². The minimum absolute atomic E-state index is 0.0307. The molecule has 0 spiro atoms. The number of halogens is 2. The topological polar surface area (TPSA) is 46.3 Å². The molecule has 19 heavy (non-hydrogen) atoms. The maximum Gasteiger partial charge on any atom is 0.247 e. The molecule has 1 fully saturated rings. The maximum absolute atomic E-state index is 12.0. The second kappa shape index (κ2) is 5.01. The van der Waals surface area contributed by atoms with Crippen molar-refractivity contribution in [2.45, 2.75) is 12.1 Å². The van der Waals surface area contributed by atoms with Crippen LogP contribution in [0.2, 0.25) is 0 Å². The van der Waals surface area contributed by atoms with Gasteiger partial charge in [0.15, 0.2) is 0 Å². The number of hydrogen-bond donors (Lipinski definition) is 1. The summed E-state index contributed by atoms with van der Waals surface area (Å²) in [6.45, 7) is 0. The van der Waals surface area contributed by atoms with Crippen molar-refractivity contribution in [2.75, 3.05) is 4.90 Å². The highest BCUT2D eigenvalue weighted by molar-refractivity contribution is 9.11. The summed E-state index contributed by atoms with van der Waals surface area (Å²) in [5, 5.41) is 0. The van der Waals surface area contributed by atoms with Gasteiger partial charge < -0.3 is 10.6 Å². The number of nitrogens with two attached hydrogens (primary N) is 1. The van der Waals surface area contributed by atoms with Crippen LogP contribution in [0.15, 0.2) is 44.7 Å². The van der Waals surface area contributed by atoms with Gasteiger partial charge in [-0.1, -0.05) is 15.9 Å². The Morgan fingerprint density at radius 1 is 1.11 bits per heavy atom. The fourth-order valence-corrected chi connectivity index (χ4v) is 4.02. The van der Waals surface area contributed by atoms with E-state index in [9.17, 15) is 4.79 Å². The monoisotopic (exact) mass is 400 g/mol. The second-order valence-electron chi connectivity index (χ2n) is 4.30. The van der Waals surface area contributed by atoms with Crippen LogP contribution in [0.3, 0.4) is 0 Å². The maximum atomic E-state index is 12.0. The Kier molecular flexibility index (Phi) is 3.51. The SMILES string of the molecule is NC1C(=O)N(c2ccc(Br)cc2)C1c1ccc(Br)s1. The number of β-lactam (4-membered cyclic amide) rings is 1. The lowest BCUT2D eigenvalue weighted by atomic mass is 9.93.